The van der Waals surface area contributed by atoms with Crippen LogP contribution in [0.4, 0.5) is 11.4 Å². The van der Waals surface area contributed by atoms with Gasteiger partial charge < -0.3 is 9.32 Å². The summed E-state index contributed by atoms with van der Waals surface area (Å²) in [7, 11) is 0. The van der Waals surface area contributed by atoms with Crippen LogP contribution in [0.5, 0.6) is 0 Å². The van der Waals surface area contributed by atoms with E-state index in [1.807, 2.05) is 49.4 Å². The number of hydrogen-bond donors (Lipinski definition) is 0. The molecule has 0 unspecified atom stereocenters. The van der Waals surface area contributed by atoms with Gasteiger partial charge in [-0.05, 0) is 77.7 Å². The predicted octanol–water partition coefficient (Wildman–Crippen LogP) is 9.50. The first-order valence-corrected chi connectivity index (χ1v) is 12.3. The van der Waals surface area contributed by atoms with E-state index in [1.165, 1.54) is 16.7 Å². The molecule has 0 spiro atoms. The van der Waals surface area contributed by atoms with Crippen molar-refractivity contribution in [2.24, 2.45) is 0 Å². The number of oxazole rings is 1. The van der Waals surface area contributed by atoms with Crippen molar-refractivity contribution in [2.45, 2.75) is 6.92 Å². The Balaban J connectivity index is 1.21. The summed E-state index contributed by atoms with van der Waals surface area (Å²) in [5.74, 6) is 0.643. The molecule has 1 aromatic heterocycles. The lowest BCUT2D eigenvalue weighted by atomic mass is 9.99. The lowest BCUT2D eigenvalue weighted by Crippen LogP contribution is -2.13. The Morgan fingerprint density at radius 2 is 1.03 bits per heavy atom. The summed E-state index contributed by atoms with van der Waals surface area (Å²) < 4.78 is 5.91. The standard InChI is InChI=1S/C34H26N2O/c1-24(2)36(30-8-4-3-5-9-30)31-22-20-28(21-23-31)26-14-12-25(13-15-26)27-16-18-29(19-17-27)34-35-32-10-6-7-11-33(32)37-34/h3-23H,1H2,2H3. The minimum atomic E-state index is 0.643. The smallest absolute Gasteiger partial charge is 0.227 e. The van der Waals surface area contributed by atoms with Crippen LogP contribution in [0.15, 0.2) is 144 Å². The molecule has 0 N–H and O–H groups in total. The Morgan fingerprint density at radius 3 is 1.57 bits per heavy atom. The highest BCUT2D eigenvalue weighted by molar-refractivity contribution is 5.78. The Bertz CT molecular complexity index is 1630. The first-order chi connectivity index (χ1) is 18.2. The number of fused-ring (bicyclic) bond motifs is 1. The molecule has 1 heterocycles. The molecule has 0 saturated heterocycles. The number of hydrogen-bond acceptors (Lipinski definition) is 3. The molecular formula is C34H26N2O. The van der Waals surface area contributed by atoms with E-state index < -0.39 is 0 Å². The Hall–Kier alpha value is -4.89. The average molecular weight is 479 g/mol. The van der Waals surface area contributed by atoms with Crippen LogP contribution in [0.3, 0.4) is 0 Å². The van der Waals surface area contributed by atoms with E-state index in [2.05, 4.69) is 101 Å². The van der Waals surface area contributed by atoms with Gasteiger partial charge in [-0.25, -0.2) is 4.98 Å². The van der Waals surface area contributed by atoms with Gasteiger partial charge in [-0.15, -0.1) is 0 Å². The van der Waals surface area contributed by atoms with E-state index in [0.29, 0.717) is 5.89 Å². The topological polar surface area (TPSA) is 29.3 Å². The maximum absolute atomic E-state index is 5.91. The summed E-state index contributed by atoms with van der Waals surface area (Å²) in [6.45, 7) is 6.20. The van der Waals surface area contributed by atoms with Crippen LogP contribution in [0.25, 0.3) is 44.8 Å². The van der Waals surface area contributed by atoms with Crippen LogP contribution >= 0.6 is 0 Å². The maximum Gasteiger partial charge on any atom is 0.227 e. The third kappa shape index (κ3) is 4.55. The molecule has 3 nitrogen and oxygen atoms in total. The lowest BCUT2D eigenvalue weighted by molar-refractivity contribution is 0.620. The molecule has 178 valence electrons. The van der Waals surface area contributed by atoms with Crippen LogP contribution in [0, 0.1) is 0 Å². The van der Waals surface area contributed by atoms with Crippen molar-refractivity contribution in [3.63, 3.8) is 0 Å². The molecule has 5 aromatic carbocycles. The summed E-state index contributed by atoms with van der Waals surface area (Å²) in [5.41, 5.74) is 10.5. The van der Waals surface area contributed by atoms with Crippen molar-refractivity contribution < 1.29 is 4.42 Å². The van der Waals surface area contributed by atoms with Gasteiger partial charge in [0.2, 0.25) is 5.89 Å². The molecule has 0 aliphatic carbocycles. The molecule has 0 aliphatic heterocycles. The molecule has 37 heavy (non-hydrogen) atoms. The molecule has 0 bridgehead atoms. The Morgan fingerprint density at radius 1 is 0.568 bits per heavy atom. The van der Waals surface area contributed by atoms with Crippen LogP contribution < -0.4 is 4.90 Å². The van der Waals surface area contributed by atoms with E-state index in [-0.39, 0.29) is 0 Å². The van der Waals surface area contributed by atoms with E-state index in [4.69, 9.17) is 4.42 Å². The van der Waals surface area contributed by atoms with Crippen molar-refractivity contribution in [3.8, 4) is 33.7 Å². The van der Waals surface area contributed by atoms with Crippen LogP contribution in [0.2, 0.25) is 0 Å². The highest BCUT2D eigenvalue weighted by Gasteiger charge is 2.11. The fourth-order valence-electron chi connectivity index (χ4n) is 4.63. The molecular weight excluding hydrogens is 452 g/mol. The van der Waals surface area contributed by atoms with Crippen molar-refractivity contribution in [1.82, 2.24) is 4.98 Å². The van der Waals surface area contributed by atoms with E-state index in [0.717, 1.165) is 39.3 Å². The van der Waals surface area contributed by atoms with Gasteiger partial charge in [-0.3, -0.25) is 0 Å². The molecule has 0 atom stereocenters. The highest BCUT2D eigenvalue weighted by Crippen LogP contribution is 2.32. The van der Waals surface area contributed by atoms with Gasteiger partial charge in [0.15, 0.2) is 5.58 Å². The zero-order chi connectivity index (χ0) is 25.2. The summed E-state index contributed by atoms with van der Waals surface area (Å²) >= 11 is 0. The monoisotopic (exact) mass is 478 g/mol. The van der Waals surface area contributed by atoms with E-state index in [1.54, 1.807) is 0 Å². The van der Waals surface area contributed by atoms with Crippen molar-refractivity contribution in [1.29, 1.82) is 0 Å². The number of benzene rings is 5. The molecule has 0 aliphatic rings. The maximum atomic E-state index is 5.91. The third-order valence-corrected chi connectivity index (χ3v) is 6.50. The largest absolute Gasteiger partial charge is 0.436 e. The second-order valence-electron chi connectivity index (χ2n) is 9.09. The summed E-state index contributed by atoms with van der Waals surface area (Å²) in [5, 5.41) is 0. The SMILES string of the molecule is C=C(C)N(c1ccccc1)c1ccc(-c2ccc(-c3ccc(-c4nc5ccccc5o4)cc3)cc2)cc1. The number of anilines is 2. The molecule has 6 aromatic rings. The fraction of sp³-hybridized carbons (Fsp3) is 0.0294. The number of allylic oxidation sites excluding steroid dienone is 1. The average Bonchev–Trinajstić information content (AvgIpc) is 3.39. The van der Waals surface area contributed by atoms with Gasteiger partial charge in [0.05, 0.1) is 0 Å². The summed E-state index contributed by atoms with van der Waals surface area (Å²) in [6, 6.07) is 43.8. The van der Waals surface area contributed by atoms with Gasteiger partial charge in [0.1, 0.15) is 5.52 Å². The molecule has 0 radical (unpaired) electrons. The molecule has 0 amide bonds. The van der Waals surface area contributed by atoms with Crippen LogP contribution in [-0.2, 0) is 0 Å². The zero-order valence-electron chi connectivity index (χ0n) is 20.6. The van der Waals surface area contributed by atoms with Gasteiger partial charge in [0.25, 0.3) is 0 Å². The summed E-state index contributed by atoms with van der Waals surface area (Å²) in [4.78, 5) is 6.76. The number of aromatic nitrogens is 1. The molecule has 0 fully saturated rings. The highest BCUT2D eigenvalue weighted by atomic mass is 16.3. The molecule has 0 saturated carbocycles. The lowest BCUT2D eigenvalue weighted by Gasteiger charge is -2.25. The Labute approximate surface area is 217 Å². The number of para-hydroxylation sites is 3. The predicted molar refractivity (Wildman–Crippen MR) is 154 cm³/mol. The third-order valence-electron chi connectivity index (χ3n) is 6.50. The molecule has 6 rings (SSSR count). The van der Waals surface area contributed by atoms with E-state index >= 15 is 0 Å². The Kier molecular flexibility index (Phi) is 5.88. The van der Waals surface area contributed by atoms with Gasteiger partial charge >= 0.3 is 0 Å². The zero-order valence-corrected chi connectivity index (χ0v) is 20.6. The van der Waals surface area contributed by atoms with Gasteiger partial charge in [-0.2, -0.15) is 0 Å². The second kappa shape index (κ2) is 9.63. The van der Waals surface area contributed by atoms with Crippen molar-refractivity contribution in [2.75, 3.05) is 4.90 Å². The van der Waals surface area contributed by atoms with E-state index in [9.17, 15) is 0 Å². The van der Waals surface area contributed by atoms with Gasteiger partial charge in [0, 0.05) is 22.6 Å². The first kappa shape index (κ1) is 22.6. The quantitative estimate of drug-likeness (QED) is 0.239. The van der Waals surface area contributed by atoms with Crippen molar-refractivity contribution >= 4 is 22.5 Å². The number of rotatable bonds is 6. The fourth-order valence-corrected chi connectivity index (χ4v) is 4.63. The summed E-state index contributed by atoms with van der Waals surface area (Å²) in [6.07, 6.45) is 0. The minimum absolute atomic E-state index is 0.643. The van der Waals surface area contributed by atoms with Crippen LogP contribution in [-0.4, -0.2) is 4.98 Å². The first-order valence-electron chi connectivity index (χ1n) is 12.3. The van der Waals surface area contributed by atoms with Crippen molar-refractivity contribution in [3.05, 3.63) is 140 Å². The molecule has 3 heteroatoms. The minimum Gasteiger partial charge on any atom is -0.436 e. The van der Waals surface area contributed by atoms with Crippen LogP contribution in [0.1, 0.15) is 6.92 Å². The second-order valence-corrected chi connectivity index (χ2v) is 9.09. The normalized spacial score (nSPS) is 10.9. The number of nitrogens with zero attached hydrogens (tertiary/aromatic N) is 2. The van der Waals surface area contributed by atoms with Gasteiger partial charge in [-0.1, -0.05) is 85.4 Å².